The van der Waals surface area contributed by atoms with Crippen molar-refractivity contribution in [3.63, 3.8) is 0 Å². The van der Waals surface area contributed by atoms with Gasteiger partial charge in [0.15, 0.2) is 0 Å². The number of hydrogen-bond acceptors (Lipinski definition) is 1. The van der Waals surface area contributed by atoms with Gasteiger partial charge in [0.05, 0.1) is 0 Å². The number of aryl methyl sites for hydroxylation is 1. The SMILES string of the molecule is CCC(C)(C)CCc1ccsc1. The zero-order chi connectivity index (χ0) is 9.03. The Morgan fingerprint density at radius 2 is 2.17 bits per heavy atom. The fraction of sp³-hybridized carbons (Fsp3) is 0.636. The van der Waals surface area contributed by atoms with Gasteiger partial charge in [0, 0.05) is 0 Å². The van der Waals surface area contributed by atoms with Gasteiger partial charge in [0.1, 0.15) is 0 Å². The Balaban J connectivity index is 2.36. The molecule has 0 fully saturated rings. The summed E-state index contributed by atoms with van der Waals surface area (Å²) >= 11 is 1.80. The van der Waals surface area contributed by atoms with Crippen LogP contribution in [0.5, 0.6) is 0 Å². The van der Waals surface area contributed by atoms with Crippen LogP contribution < -0.4 is 0 Å². The summed E-state index contributed by atoms with van der Waals surface area (Å²) in [5.74, 6) is 0. The lowest BCUT2D eigenvalue weighted by molar-refractivity contribution is 0.322. The summed E-state index contributed by atoms with van der Waals surface area (Å²) in [7, 11) is 0. The van der Waals surface area contributed by atoms with Gasteiger partial charge >= 0.3 is 0 Å². The van der Waals surface area contributed by atoms with Gasteiger partial charge < -0.3 is 0 Å². The second-order valence-corrected chi connectivity index (χ2v) is 4.93. The summed E-state index contributed by atoms with van der Waals surface area (Å²) in [6, 6.07) is 2.23. The maximum atomic E-state index is 2.35. The van der Waals surface area contributed by atoms with E-state index in [2.05, 4.69) is 37.6 Å². The van der Waals surface area contributed by atoms with Crippen molar-refractivity contribution in [1.29, 1.82) is 0 Å². The van der Waals surface area contributed by atoms with Crippen LogP contribution in [0, 0.1) is 5.41 Å². The standard InChI is InChI=1S/C11H18S/c1-4-11(2,3)7-5-10-6-8-12-9-10/h6,8-9H,4-5,7H2,1-3H3. The second-order valence-electron chi connectivity index (χ2n) is 4.15. The third kappa shape index (κ3) is 2.98. The van der Waals surface area contributed by atoms with Crippen LogP contribution in [0.1, 0.15) is 39.2 Å². The van der Waals surface area contributed by atoms with Crippen molar-refractivity contribution in [2.75, 3.05) is 0 Å². The normalized spacial score (nSPS) is 11.9. The summed E-state index contributed by atoms with van der Waals surface area (Å²) in [5.41, 5.74) is 2.02. The lowest BCUT2D eigenvalue weighted by Gasteiger charge is -2.21. The molecule has 0 bridgehead atoms. The molecule has 0 radical (unpaired) electrons. The van der Waals surface area contributed by atoms with Gasteiger partial charge in [-0.3, -0.25) is 0 Å². The summed E-state index contributed by atoms with van der Waals surface area (Å²) in [6.45, 7) is 6.96. The fourth-order valence-electron chi connectivity index (χ4n) is 1.09. The first-order valence-electron chi connectivity index (χ1n) is 4.65. The molecule has 12 heavy (non-hydrogen) atoms. The highest BCUT2D eigenvalue weighted by molar-refractivity contribution is 7.07. The van der Waals surface area contributed by atoms with Crippen LogP contribution in [0.2, 0.25) is 0 Å². The molecule has 1 aromatic rings. The first-order valence-corrected chi connectivity index (χ1v) is 5.59. The van der Waals surface area contributed by atoms with E-state index in [0.717, 1.165) is 0 Å². The monoisotopic (exact) mass is 182 g/mol. The summed E-state index contributed by atoms with van der Waals surface area (Å²) in [6.07, 6.45) is 3.82. The largest absolute Gasteiger partial charge is 0.152 e. The molecular formula is C11H18S. The van der Waals surface area contributed by atoms with Crippen molar-refractivity contribution >= 4 is 11.3 Å². The van der Waals surface area contributed by atoms with Crippen LogP contribution in [0.15, 0.2) is 16.8 Å². The van der Waals surface area contributed by atoms with E-state index in [1.54, 1.807) is 11.3 Å². The third-order valence-corrected chi connectivity index (χ3v) is 3.36. The molecule has 0 nitrogen and oxygen atoms in total. The Morgan fingerprint density at radius 1 is 1.42 bits per heavy atom. The minimum absolute atomic E-state index is 0.516. The van der Waals surface area contributed by atoms with E-state index in [1.165, 1.54) is 24.8 Å². The number of hydrogen-bond donors (Lipinski definition) is 0. The molecule has 0 amide bonds. The van der Waals surface area contributed by atoms with Gasteiger partial charge in [-0.05, 0) is 40.6 Å². The predicted octanol–water partition coefficient (Wildman–Crippen LogP) is 4.12. The first-order chi connectivity index (χ1) is 5.64. The highest BCUT2D eigenvalue weighted by Gasteiger charge is 2.14. The van der Waals surface area contributed by atoms with Crippen molar-refractivity contribution in [3.05, 3.63) is 22.4 Å². The van der Waals surface area contributed by atoms with Gasteiger partial charge in [0.25, 0.3) is 0 Å². The van der Waals surface area contributed by atoms with Crippen molar-refractivity contribution in [3.8, 4) is 0 Å². The molecule has 1 aromatic heterocycles. The molecule has 0 atom stereocenters. The molecule has 0 saturated carbocycles. The highest BCUT2D eigenvalue weighted by Crippen LogP contribution is 2.26. The maximum Gasteiger partial charge on any atom is -0.00613 e. The van der Waals surface area contributed by atoms with E-state index in [0.29, 0.717) is 5.41 Å². The Morgan fingerprint density at radius 3 is 2.67 bits per heavy atom. The van der Waals surface area contributed by atoms with E-state index in [1.807, 2.05) is 0 Å². The molecule has 0 aromatic carbocycles. The summed E-state index contributed by atoms with van der Waals surface area (Å²) in [4.78, 5) is 0. The smallest absolute Gasteiger partial charge is 0.00613 e. The maximum absolute atomic E-state index is 2.35. The molecule has 0 N–H and O–H groups in total. The molecule has 68 valence electrons. The second kappa shape index (κ2) is 4.08. The summed E-state index contributed by atoms with van der Waals surface area (Å²) in [5, 5.41) is 4.42. The predicted molar refractivity (Wildman–Crippen MR) is 56.7 cm³/mol. The average Bonchev–Trinajstić information content (AvgIpc) is 2.53. The van der Waals surface area contributed by atoms with E-state index >= 15 is 0 Å². The van der Waals surface area contributed by atoms with E-state index in [9.17, 15) is 0 Å². The van der Waals surface area contributed by atoms with E-state index < -0.39 is 0 Å². The topological polar surface area (TPSA) is 0 Å². The van der Waals surface area contributed by atoms with Gasteiger partial charge in [-0.25, -0.2) is 0 Å². The molecule has 1 rings (SSSR count). The van der Waals surface area contributed by atoms with Gasteiger partial charge in [0.2, 0.25) is 0 Å². The molecule has 0 unspecified atom stereocenters. The molecular weight excluding hydrogens is 164 g/mol. The first kappa shape index (κ1) is 9.79. The molecule has 0 spiro atoms. The fourth-order valence-corrected chi connectivity index (χ4v) is 1.80. The van der Waals surface area contributed by atoms with Gasteiger partial charge in [-0.1, -0.05) is 27.2 Å². The van der Waals surface area contributed by atoms with Crippen molar-refractivity contribution in [2.45, 2.75) is 40.0 Å². The van der Waals surface area contributed by atoms with Gasteiger partial charge in [-0.15, -0.1) is 0 Å². The zero-order valence-electron chi connectivity index (χ0n) is 8.26. The zero-order valence-corrected chi connectivity index (χ0v) is 9.08. The Bertz CT molecular complexity index is 209. The lowest BCUT2D eigenvalue weighted by atomic mass is 9.84. The molecule has 0 aliphatic heterocycles. The lowest BCUT2D eigenvalue weighted by Crippen LogP contribution is -2.10. The van der Waals surface area contributed by atoms with Crippen LogP contribution in [0.25, 0.3) is 0 Å². The van der Waals surface area contributed by atoms with Crippen LogP contribution >= 0.6 is 11.3 Å². The van der Waals surface area contributed by atoms with Crippen molar-refractivity contribution < 1.29 is 0 Å². The third-order valence-electron chi connectivity index (χ3n) is 2.63. The van der Waals surface area contributed by atoms with Crippen LogP contribution in [-0.4, -0.2) is 0 Å². The van der Waals surface area contributed by atoms with Crippen LogP contribution in [-0.2, 0) is 6.42 Å². The molecule has 1 heteroatoms. The molecule has 0 aliphatic rings. The van der Waals surface area contributed by atoms with Crippen LogP contribution in [0.3, 0.4) is 0 Å². The average molecular weight is 182 g/mol. The Labute approximate surface area is 79.6 Å². The number of thiophene rings is 1. The van der Waals surface area contributed by atoms with Crippen molar-refractivity contribution in [1.82, 2.24) is 0 Å². The van der Waals surface area contributed by atoms with Gasteiger partial charge in [-0.2, -0.15) is 11.3 Å². The highest BCUT2D eigenvalue weighted by atomic mass is 32.1. The number of rotatable bonds is 4. The Hall–Kier alpha value is -0.300. The minimum atomic E-state index is 0.516. The summed E-state index contributed by atoms with van der Waals surface area (Å²) < 4.78 is 0. The van der Waals surface area contributed by atoms with E-state index in [-0.39, 0.29) is 0 Å². The molecule has 1 heterocycles. The van der Waals surface area contributed by atoms with E-state index in [4.69, 9.17) is 0 Å². The Kier molecular flexibility index (Phi) is 3.33. The minimum Gasteiger partial charge on any atom is -0.152 e. The molecule has 0 saturated heterocycles. The van der Waals surface area contributed by atoms with Crippen LogP contribution in [0.4, 0.5) is 0 Å². The molecule has 0 aliphatic carbocycles. The quantitative estimate of drug-likeness (QED) is 0.657. The van der Waals surface area contributed by atoms with Crippen molar-refractivity contribution in [2.24, 2.45) is 5.41 Å².